The summed E-state index contributed by atoms with van der Waals surface area (Å²) in [5.41, 5.74) is -0.182. The van der Waals surface area contributed by atoms with Crippen LogP contribution in [0.3, 0.4) is 0 Å². The minimum absolute atomic E-state index is 0.0158. The van der Waals surface area contributed by atoms with Crippen molar-refractivity contribution in [3.05, 3.63) is 29.8 Å². The molecule has 0 atom stereocenters. The number of halogens is 2. The molecule has 1 amide bonds. The minimum atomic E-state index is -0.688. The number of ether oxygens (including phenoxy) is 1. The molecule has 0 aliphatic carbocycles. The second-order valence-corrected chi connectivity index (χ2v) is 5.81. The summed E-state index contributed by atoms with van der Waals surface area (Å²) < 4.78 is 32.1. The number of hydrogen-bond donors (Lipinski definition) is 1. The fourth-order valence-corrected chi connectivity index (χ4v) is 2.57. The zero-order valence-corrected chi connectivity index (χ0v) is 14.0. The average molecular weight is 352 g/mol. The molecule has 0 radical (unpaired) electrons. The Morgan fingerprint density at radius 1 is 1.32 bits per heavy atom. The first-order valence-electron chi connectivity index (χ1n) is 8.23. The monoisotopic (exact) mass is 352 g/mol. The van der Waals surface area contributed by atoms with Gasteiger partial charge < -0.3 is 10.1 Å². The molecule has 1 aliphatic heterocycles. The minimum Gasteiger partial charge on any atom is -0.379 e. The highest BCUT2D eigenvalue weighted by Crippen LogP contribution is 2.15. The highest BCUT2D eigenvalue weighted by molar-refractivity contribution is 5.92. The van der Waals surface area contributed by atoms with Crippen LogP contribution in [-0.2, 0) is 9.53 Å². The molecule has 0 spiro atoms. The van der Waals surface area contributed by atoms with Crippen molar-refractivity contribution in [2.75, 3.05) is 57.8 Å². The number of amides is 1. The highest BCUT2D eigenvalue weighted by atomic mass is 19.1. The van der Waals surface area contributed by atoms with Crippen molar-refractivity contribution in [2.24, 2.45) is 0 Å². The van der Waals surface area contributed by atoms with E-state index in [0.717, 1.165) is 37.8 Å². The molecule has 1 aromatic carbocycles. The normalized spacial score (nSPS) is 15.1. The first-order valence-corrected chi connectivity index (χ1v) is 8.23. The van der Waals surface area contributed by atoms with E-state index in [0.29, 0.717) is 32.7 Å². The van der Waals surface area contributed by atoms with Crippen LogP contribution in [0.25, 0.3) is 0 Å². The zero-order valence-electron chi connectivity index (χ0n) is 14.0. The summed E-state index contributed by atoms with van der Waals surface area (Å²) in [6.45, 7) is 4.90. The molecule has 6 nitrogen and oxygen atoms in total. The molecule has 0 aromatic heterocycles. The number of nitriles is 1. The van der Waals surface area contributed by atoms with Crippen LogP contribution in [0.5, 0.6) is 0 Å². The number of nitrogens with one attached hydrogen (secondary N) is 1. The fourth-order valence-electron chi connectivity index (χ4n) is 2.57. The van der Waals surface area contributed by atoms with Crippen LogP contribution in [0, 0.1) is 23.0 Å². The maximum absolute atomic E-state index is 13.6. The molecule has 0 unspecified atom stereocenters. The van der Waals surface area contributed by atoms with E-state index in [4.69, 9.17) is 10.00 Å². The Labute approximate surface area is 146 Å². The van der Waals surface area contributed by atoms with E-state index >= 15 is 0 Å². The third kappa shape index (κ3) is 6.74. The summed E-state index contributed by atoms with van der Waals surface area (Å²) in [6.07, 6.45) is 0.296. The predicted molar refractivity (Wildman–Crippen MR) is 88.9 cm³/mol. The van der Waals surface area contributed by atoms with Crippen molar-refractivity contribution >= 4 is 11.6 Å². The Morgan fingerprint density at radius 2 is 2.08 bits per heavy atom. The number of anilines is 1. The van der Waals surface area contributed by atoms with Gasteiger partial charge in [-0.25, -0.2) is 8.78 Å². The third-order valence-electron chi connectivity index (χ3n) is 3.95. The molecule has 1 heterocycles. The van der Waals surface area contributed by atoms with Gasteiger partial charge in [-0.15, -0.1) is 0 Å². The zero-order chi connectivity index (χ0) is 18.1. The Kier molecular flexibility index (Phi) is 7.73. The number of hydrogen-bond acceptors (Lipinski definition) is 5. The molecule has 1 aromatic rings. The number of benzene rings is 1. The summed E-state index contributed by atoms with van der Waals surface area (Å²) in [5.74, 6) is -1.75. The quantitative estimate of drug-likeness (QED) is 0.767. The van der Waals surface area contributed by atoms with Gasteiger partial charge in [0.15, 0.2) is 0 Å². The summed E-state index contributed by atoms with van der Waals surface area (Å²) in [5, 5.41) is 11.2. The number of carbonyl (C=O) groups excluding carboxylic acids is 1. The van der Waals surface area contributed by atoms with E-state index in [9.17, 15) is 13.6 Å². The lowest BCUT2D eigenvalue weighted by Gasteiger charge is -2.29. The third-order valence-corrected chi connectivity index (χ3v) is 3.95. The molecule has 136 valence electrons. The van der Waals surface area contributed by atoms with Gasteiger partial charge in [0.25, 0.3) is 0 Å². The topological polar surface area (TPSA) is 68.6 Å². The maximum atomic E-state index is 13.6. The van der Waals surface area contributed by atoms with Crippen LogP contribution in [0.1, 0.15) is 6.42 Å². The Balaban J connectivity index is 1.87. The van der Waals surface area contributed by atoms with Crippen molar-refractivity contribution in [1.29, 1.82) is 5.26 Å². The van der Waals surface area contributed by atoms with Crippen LogP contribution < -0.4 is 5.32 Å². The fraction of sp³-hybridized carbons (Fsp3) is 0.529. The Hall–Kier alpha value is -2.08. The maximum Gasteiger partial charge on any atom is 0.238 e. The number of nitrogens with zero attached hydrogens (tertiary/aromatic N) is 3. The molecular formula is C17H22F2N4O2. The van der Waals surface area contributed by atoms with Crippen LogP contribution >= 0.6 is 0 Å². The summed E-state index contributed by atoms with van der Waals surface area (Å²) >= 11 is 0. The number of rotatable bonds is 8. The van der Waals surface area contributed by atoms with Gasteiger partial charge in [0.1, 0.15) is 11.6 Å². The lowest BCUT2D eigenvalue weighted by Crippen LogP contribution is -2.43. The molecule has 1 fully saturated rings. The molecule has 8 heteroatoms. The number of carbonyl (C=O) groups is 1. The summed E-state index contributed by atoms with van der Waals surface area (Å²) in [4.78, 5) is 16.2. The summed E-state index contributed by atoms with van der Waals surface area (Å²) in [7, 11) is 0. The molecule has 0 saturated carbocycles. The van der Waals surface area contributed by atoms with Crippen LogP contribution in [0.2, 0.25) is 0 Å². The largest absolute Gasteiger partial charge is 0.379 e. The molecule has 2 rings (SSSR count). The SMILES string of the molecule is N#CCCN(CCN1CCOCC1)CC(=O)Nc1cc(F)ccc1F. The molecule has 1 aliphatic rings. The second kappa shape index (κ2) is 10.0. The highest BCUT2D eigenvalue weighted by Gasteiger charge is 2.16. The lowest BCUT2D eigenvalue weighted by atomic mass is 10.3. The first-order chi connectivity index (χ1) is 12.1. The molecule has 1 saturated heterocycles. The van der Waals surface area contributed by atoms with Crippen molar-refractivity contribution in [1.82, 2.24) is 9.80 Å². The smallest absolute Gasteiger partial charge is 0.238 e. The molecule has 1 N–H and O–H groups in total. The van der Waals surface area contributed by atoms with Crippen LogP contribution in [0.15, 0.2) is 18.2 Å². The van der Waals surface area contributed by atoms with E-state index in [-0.39, 0.29) is 12.2 Å². The molecule has 25 heavy (non-hydrogen) atoms. The van der Waals surface area contributed by atoms with Gasteiger partial charge in [-0.05, 0) is 12.1 Å². The summed E-state index contributed by atoms with van der Waals surface area (Å²) in [6, 6.07) is 4.97. The van der Waals surface area contributed by atoms with Gasteiger partial charge >= 0.3 is 0 Å². The van der Waals surface area contributed by atoms with E-state index in [1.165, 1.54) is 0 Å². The molecular weight excluding hydrogens is 330 g/mol. The average Bonchev–Trinajstić information content (AvgIpc) is 2.61. The van der Waals surface area contributed by atoms with Gasteiger partial charge in [-0.1, -0.05) is 0 Å². The molecule has 0 bridgehead atoms. The van der Waals surface area contributed by atoms with Crippen molar-refractivity contribution in [2.45, 2.75) is 6.42 Å². The van der Waals surface area contributed by atoms with Crippen molar-refractivity contribution in [3.8, 4) is 6.07 Å². The van der Waals surface area contributed by atoms with Crippen LogP contribution in [-0.4, -0.2) is 68.2 Å². The Morgan fingerprint density at radius 3 is 2.80 bits per heavy atom. The standard InChI is InChI=1S/C17H22F2N4O2/c18-14-2-3-15(19)16(12-14)21-17(24)13-23(5-1-4-20)7-6-22-8-10-25-11-9-22/h2-3,12H,1,5-11,13H2,(H,21,24). The van der Waals surface area contributed by atoms with E-state index in [2.05, 4.69) is 16.3 Å². The number of morpholine rings is 1. The van der Waals surface area contributed by atoms with Crippen LogP contribution in [0.4, 0.5) is 14.5 Å². The first kappa shape index (κ1) is 19.2. The van der Waals surface area contributed by atoms with Crippen molar-refractivity contribution < 1.29 is 18.3 Å². The van der Waals surface area contributed by atoms with E-state index in [1.54, 1.807) is 0 Å². The van der Waals surface area contributed by atoms with Crippen molar-refractivity contribution in [3.63, 3.8) is 0 Å². The second-order valence-electron chi connectivity index (χ2n) is 5.81. The van der Waals surface area contributed by atoms with Gasteiger partial charge in [0, 0.05) is 45.2 Å². The van der Waals surface area contributed by atoms with Gasteiger partial charge in [-0.2, -0.15) is 5.26 Å². The van der Waals surface area contributed by atoms with Gasteiger partial charge in [0.2, 0.25) is 5.91 Å². The Bertz CT molecular complexity index is 615. The lowest BCUT2D eigenvalue weighted by molar-refractivity contribution is -0.117. The van der Waals surface area contributed by atoms with E-state index in [1.807, 2.05) is 4.90 Å². The van der Waals surface area contributed by atoms with E-state index < -0.39 is 17.5 Å². The van der Waals surface area contributed by atoms with Gasteiger partial charge in [0.05, 0.1) is 31.5 Å². The predicted octanol–water partition coefficient (Wildman–Crippen LogP) is 1.45. The van der Waals surface area contributed by atoms with Gasteiger partial charge in [-0.3, -0.25) is 14.6 Å².